The van der Waals surface area contributed by atoms with Crippen LogP contribution in [-0.4, -0.2) is 54.7 Å². The highest BCUT2D eigenvalue weighted by molar-refractivity contribution is 7.85. The Hall–Kier alpha value is -0.210. The Labute approximate surface area is 77.3 Å². The molecule has 0 fully saturated rings. The lowest BCUT2D eigenvalue weighted by molar-refractivity contribution is 0.0946. The molecule has 0 aromatic rings. The van der Waals surface area contributed by atoms with E-state index in [1.807, 2.05) is 0 Å². The normalized spacial score (nSPS) is 14.4. The summed E-state index contributed by atoms with van der Waals surface area (Å²) >= 11 is 0. The van der Waals surface area contributed by atoms with E-state index < -0.39 is 16.2 Å². The Morgan fingerprint density at radius 2 is 2.00 bits per heavy atom. The molecule has 0 heterocycles. The summed E-state index contributed by atoms with van der Waals surface area (Å²) < 4.78 is 28.8. The number of hydrogen-bond acceptors (Lipinski definition) is 5. The molecule has 0 aliphatic heterocycles. The van der Waals surface area contributed by atoms with Crippen LogP contribution in [0.15, 0.2) is 0 Å². The van der Waals surface area contributed by atoms with Crippen molar-refractivity contribution < 1.29 is 23.2 Å². The highest BCUT2D eigenvalue weighted by Crippen LogP contribution is 1.86. The predicted octanol–water partition coefficient (Wildman–Crippen LogP) is -1.79. The van der Waals surface area contributed by atoms with Crippen molar-refractivity contribution in [2.24, 2.45) is 0 Å². The number of hydrogen-bond donors (Lipinski definition) is 4. The molecule has 0 saturated heterocycles. The second kappa shape index (κ2) is 6.28. The molecule has 4 N–H and O–H groups in total. The Bertz CT molecular complexity index is 215. The van der Waals surface area contributed by atoms with E-state index in [0.717, 1.165) is 0 Å². The maximum atomic E-state index is 10.2. The van der Waals surface area contributed by atoms with Crippen molar-refractivity contribution >= 4 is 10.1 Å². The maximum absolute atomic E-state index is 10.2. The van der Waals surface area contributed by atoms with Crippen molar-refractivity contribution in [1.29, 1.82) is 0 Å². The molecule has 13 heavy (non-hydrogen) atoms. The van der Waals surface area contributed by atoms with E-state index in [9.17, 15) is 8.42 Å². The van der Waals surface area contributed by atoms with Gasteiger partial charge in [-0.2, -0.15) is 8.42 Å². The molecule has 0 aliphatic carbocycles. The monoisotopic (exact) mass is 213 g/mol. The van der Waals surface area contributed by atoms with Crippen LogP contribution in [0.4, 0.5) is 0 Å². The Balaban J connectivity index is 3.27. The summed E-state index contributed by atoms with van der Waals surface area (Å²) in [6, 6.07) is 0. The second-order valence-corrected chi connectivity index (χ2v) is 4.25. The van der Waals surface area contributed by atoms with Crippen LogP contribution in [0.25, 0.3) is 0 Å². The van der Waals surface area contributed by atoms with E-state index in [1.54, 1.807) is 0 Å². The van der Waals surface area contributed by atoms with Crippen molar-refractivity contribution in [2.45, 2.75) is 12.5 Å². The third-order valence-corrected chi connectivity index (χ3v) is 2.15. The minimum atomic E-state index is -3.88. The molecule has 0 amide bonds. The van der Waals surface area contributed by atoms with Crippen LogP contribution in [0.2, 0.25) is 0 Å². The summed E-state index contributed by atoms with van der Waals surface area (Å²) in [5.41, 5.74) is 0. The Morgan fingerprint density at radius 3 is 2.46 bits per heavy atom. The van der Waals surface area contributed by atoms with Gasteiger partial charge in [0.2, 0.25) is 0 Å². The van der Waals surface area contributed by atoms with Gasteiger partial charge in [-0.25, -0.2) is 0 Å². The van der Waals surface area contributed by atoms with Gasteiger partial charge in [-0.15, -0.1) is 0 Å². The van der Waals surface area contributed by atoms with Gasteiger partial charge in [0.15, 0.2) is 0 Å². The van der Waals surface area contributed by atoms with E-state index in [0.29, 0.717) is 6.54 Å². The number of aliphatic hydroxyl groups is 2. The second-order valence-electron chi connectivity index (χ2n) is 2.68. The van der Waals surface area contributed by atoms with Crippen molar-refractivity contribution in [3.63, 3.8) is 0 Å². The number of rotatable bonds is 7. The molecule has 0 bridgehead atoms. The molecule has 0 rings (SSSR count). The van der Waals surface area contributed by atoms with Gasteiger partial charge in [0, 0.05) is 6.54 Å². The minimum absolute atomic E-state index is 0.210. The van der Waals surface area contributed by atoms with Crippen LogP contribution in [0, 0.1) is 0 Å². The SMILES string of the molecule is O=S(=O)(O)CCCNCC(O)CO. The average Bonchev–Trinajstić information content (AvgIpc) is 2.01. The highest BCUT2D eigenvalue weighted by Gasteiger charge is 2.04. The van der Waals surface area contributed by atoms with Gasteiger partial charge >= 0.3 is 0 Å². The molecule has 0 radical (unpaired) electrons. The van der Waals surface area contributed by atoms with E-state index in [-0.39, 0.29) is 25.3 Å². The lowest BCUT2D eigenvalue weighted by atomic mass is 10.3. The van der Waals surface area contributed by atoms with Crippen LogP contribution in [0.1, 0.15) is 6.42 Å². The van der Waals surface area contributed by atoms with Gasteiger partial charge in [0.1, 0.15) is 0 Å². The van der Waals surface area contributed by atoms with E-state index in [4.69, 9.17) is 14.8 Å². The maximum Gasteiger partial charge on any atom is 0.264 e. The highest BCUT2D eigenvalue weighted by atomic mass is 32.2. The lowest BCUT2D eigenvalue weighted by Crippen LogP contribution is -2.30. The fourth-order valence-electron chi connectivity index (χ4n) is 0.713. The van der Waals surface area contributed by atoms with Gasteiger partial charge in [0.25, 0.3) is 10.1 Å². The topological polar surface area (TPSA) is 107 Å². The fourth-order valence-corrected chi connectivity index (χ4v) is 1.22. The third-order valence-electron chi connectivity index (χ3n) is 1.35. The summed E-state index contributed by atoms with van der Waals surface area (Å²) in [6.45, 7) is 0.254. The smallest absolute Gasteiger partial charge is 0.264 e. The quantitative estimate of drug-likeness (QED) is 0.294. The molecular formula is C6H15NO5S. The number of aliphatic hydroxyl groups excluding tert-OH is 2. The molecule has 1 atom stereocenters. The fraction of sp³-hybridized carbons (Fsp3) is 1.00. The molecule has 0 aromatic carbocycles. The number of nitrogens with one attached hydrogen (secondary N) is 1. The van der Waals surface area contributed by atoms with Gasteiger partial charge in [0.05, 0.1) is 18.5 Å². The van der Waals surface area contributed by atoms with Crippen LogP contribution in [0.5, 0.6) is 0 Å². The zero-order valence-electron chi connectivity index (χ0n) is 7.18. The summed E-state index contributed by atoms with van der Waals surface area (Å²) in [5.74, 6) is -0.296. The van der Waals surface area contributed by atoms with E-state index in [1.165, 1.54) is 0 Å². The first-order valence-corrected chi connectivity index (χ1v) is 5.51. The van der Waals surface area contributed by atoms with Crippen LogP contribution in [-0.2, 0) is 10.1 Å². The summed E-state index contributed by atoms with van der Waals surface area (Å²) in [5, 5.41) is 20.0. The standard InChI is InChI=1S/C6H15NO5S/c8-5-6(9)4-7-2-1-3-13(10,11)12/h6-9H,1-5H2,(H,10,11,12). The lowest BCUT2D eigenvalue weighted by Gasteiger charge is -2.07. The van der Waals surface area contributed by atoms with Crippen molar-refractivity contribution in [3.05, 3.63) is 0 Å². The molecule has 0 aromatic heterocycles. The van der Waals surface area contributed by atoms with Crippen LogP contribution >= 0.6 is 0 Å². The van der Waals surface area contributed by atoms with Crippen LogP contribution < -0.4 is 5.32 Å². The summed E-state index contributed by atoms with van der Waals surface area (Å²) in [4.78, 5) is 0. The Kier molecular flexibility index (Phi) is 6.17. The molecule has 80 valence electrons. The van der Waals surface area contributed by atoms with Gasteiger partial charge < -0.3 is 15.5 Å². The van der Waals surface area contributed by atoms with E-state index in [2.05, 4.69) is 5.32 Å². The molecule has 1 unspecified atom stereocenters. The first-order chi connectivity index (χ1) is 5.95. The van der Waals surface area contributed by atoms with E-state index >= 15 is 0 Å². The Morgan fingerprint density at radius 1 is 1.38 bits per heavy atom. The first kappa shape index (κ1) is 12.8. The zero-order valence-corrected chi connectivity index (χ0v) is 8.00. The molecule has 7 heteroatoms. The summed E-state index contributed by atoms with van der Waals surface area (Å²) in [7, 11) is -3.88. The average molecular weight is 213 g/mol. The molecule has 6 nitrogen and oxygen atoms in total. The van der Waals surface area contributed by atoms with Crippen LogP contribution in [0.3, 0.4) is 0 Å². The van der Waals surface area contributed by atoms with Gasteiger partial charge in [-0.3, -0.25) is 4.55 Å². The largest absolute Gasteiger partial charge is 0.394 e. The molecule has 0 aliphatic rings. The van der Waals surface area contributed by atoms with Crippen molar-refractivity contribution in [1.82, 2.24) is 5.32 Å². The van der Waals surface area contributed by atoms with Crippen molar-refractivity contribution in [3.8, 4) is 0 Å². The molecule has 0 saturated carbocycles. The minimum Gasteiger partial charge on any atom is -0.394 e. The molecular weight excluding hydrogens is 198 g/mol. The third kappa shape index (κ3) is 9.71. The van der Waals surface area contributed by atoms with Crippen molar-refractivity contribution in [2.75, 3.05) is 25.4 Å². The molecule has 0 spiro atoms. The van der Waals surface area contributed by atoms with Gasteiger partial charge in [-0.05, 0) is 13.0 Å². The van der Waals surface area contributed by atoms with Gasteiger partial charge in [-0.1, -0.05) is 0 Å². The predicted molar refractivity (Wildman–Crippen MR) is 47.0 cm³/mol. The zero-order chi connectivity index (χ0) is 10.3. The summed E-state index contributed by atoms with van der Waals surface area (Å²) in [6.07, 6.45) is -0.553. The first-order valence-electron chi connectivity index (χ1n) is 3.90.